The van der Waals surface area contributed by atoms with Gasteiger partial charge in [0.2, 0.25) is 0 Å². The van der Waals surface area contributed by atoms with Crippen molar-refractivity contribution in [3.05, 3.63) is 24.3 Å². The number of nitrogens with zero attached hydrogens (tertiary/aromatic N) is 2. The largest absolute Gasteiger partial charge is 0.497 e. The van der Waals surface area contributed by atoms with E-state index < -0.39 is 0 Å². The molecular weight excluding hydrogens is 226 g/mol. The van der Waals surface area contributed by atoms with Gasteiger partial charge in [0.05, 0.1) is 7.11 Å². The monoisotopic (exact) mass is 249 g/mol. The fourth-order valence-corrected chi connectivity index (χ4v) is 2.39. The van der Waals surface area contributed by atoms with Gasteiger partial charge in [-0.25, -0.2) is 0 Å². The first kappa shape index (κ1) is 13.2. The molecule has 0 aliphatic carbocycles. The second kappa shape index (κ2) is 6.07. The van der Waals surface area contributed by atoms with Crippen LogP contribution in [0.5, 0.6) is 5.75 Å². The molecule has 4 heteroatoms. The Labute approximate surface area is 109 Å². The van der Waals surface area contributed by atoms with Gasteiger partial charge in [0.1, 0.15) is 5.75 Å². The number of rotatable bonds is 4. The third-order valence-electron chi connectivity index (χ3n) is 3.36. The summed E-state index contributed by atoms with van der Waals surface area (Å²) in [6.45, 7) is 7.38. The molecule has 2 rings (SSSR count). The molecule has 1 aliphatic heterocycles. The predicted molar refractivity (Wildman–Crippen MR) is 75.3 cm³/mol. The summed E-state index contributed by atoms with van der Waals surface area (Å²) < 4.78 is 5.18. The summed E-state index contributed by atoms with van der Waals surface area (Å²) in [6.07, 6.45) is 0. The van der Waals surface area contributed by atoms with Crippen LogP contribution in [0, 0.1) is 0 Å². The summed E-state index contributed by atoms with van der Waals surface area (Å²) in [5.41, 5.74) is 7.11. The van der Waals surface area contributed by atoms with Crippen LogP contribution in [-0.2, 0) is 0 Å². The Hall–Kier alpha value is -1.26. The van der Waals surface area contributed by atoms with Gasteiger partial charge in [-0.3, -0.25) is 4.90 Å². The molecular formula is C14H23N3O. The molecule has 100 valence electrons. The molecule has 0 aromatic heterocycles. The van der Waals surface area contributed by atoms with Crippen molar-refractivity contribution in [2.24, 2.45) is 5.73 Å². The standard InChI is InChI=1S/C14H23N3O/c1-12(15)11-16-7-9-17(10-8-16)13-3-5-14(18-2)6-4-13/h3-6,12H,7-11,15H2,1-2H3. The zero-order chi connectivity index (χ0) is 13.0. The molecule has 0 amide bonds. The second-order valence-electron chi connectivity index (χ2n) is 4.96. The van der Waals surface area contributed by atoms with Crippen molar-refractivity contribution in [1.29, 1.82) is 0 Å². The van der Waals surface area contributed by atoms with Crippen LogP contribution in [0.3, 0.4) is 0 Å². The van der Waals surface area contributed by atoms with Crippen LogP contribution in [0.25, 0.3) is 0 Å². The van der Waals surface area contributed by atoms with Crippen LogP contribution in [0.1, 0.15) is 6.92 Å². The van der Waals surface area contributed by atoms with Crippen molar-refractivity contribution >= 4 is 5.69 Å². The molecule has 4 nitrogen and oxygen atoms in total. The van der Waals surface area contributed by atoms with Crippen LogP contribution < -0.4 is 15.4 Å². The number of nitrogens with two attached hydrogens (primary N) is 1. The molecule has 1 atom stereocenters. The molecule has 0 radical (unpaired) electrons. The lowest BCUT2D eigenvalue weighted by molar-refractivity contribution is 0.247. The Bertz CT molecular complexity index is 356. The average molecular weight is 249 g/mol. The first-order valence-electron chi connectivity index (χ1n) is 6.56. The molecule has 1 unspecified atom stereocenters. The number of anilines is 1. The highest BCUT2D eigenvalue weighted by Crippen LogP contribution is 2.20. The van der Waals surface area contributed by atoms with Crippen molar-refractivity contribution < 1.29 is 4.74 Å². The van der Waals surface area contributed by atoms with E-state index in [2.05, 4.69) is 28.9 Å². The van der Waals surface area contributed by atoms with Gasteiger partial charge in [0, 0.05) is 44.5 Å². The summed E-state index contributed by atoms with van der Waals surface area (Å²) in [5.74, 6) is 0.911. The number of methoxy groups -OCH3 is 1. The third kappa shape index (κ3) is 3.37. The van der Waals surface area contributed by atoms with Crippen molar-refractivity contribution in [1.82, 2.24) is 4.90 Å². The first-order valence-corrected chi connectivity index (χ1v) is 6.56. The fraction of sp³-hybridized carbons (Fsp3) is 0.571. The highest BCUT2D eigenvalue weighted by molar-refractivity contribution is 5.49. The highest BCUT2D eigenvalue weighted by Gasteiger charge is 2.17. The van der Waals surface area contributed by atoms with Gasteiger partial charge < -0.3 is 15.4 Å². The Kier molecular flexibility index (Phi) is 4.44. The number of hydrogen-bond acceptors (Lipinski definition) is 4. The van der Waals surface area contributed by atoms with E-state index in [-0.39, 0.29) is 6.04 Å². The van der Waals surface area contributed by atoms with Crippen LogP contribution in [0.2, 0.25) is 0 Å². The second-order valence-corrected chi connectivity index (χ2v) is 4.96. The zero-order valence-corrected chi connectivity index (χ0v) is 11.3. The minimum absolute atomic E-state index is 0.262. The Balaban J connectivity index is 1.88. The number of hydrogen-bond donors (Lipinski definition) is 1. The summed E-state index contributed by atoms with van der Waals surface area (Å²) in [6, 6.07) is 8.55. The van der Waals surface area contributed by atoms with E-state index in [0.717, 1.165) is 38.5 Å². The van der Waals surface area contributed by atoms with E-state index in [1.165, 1.54) is 5.69 Å². The summed E-state index contributed by atoms with van der Waals surface area (Å²) in [7, 11) is 1.70. The Morgan fingerprint density at radius 3 is 2.28 bits per heavy atom. The Morgan fingerprint density at radius 2 is 1.78 bits per heavy atom. The van der Waals surface area contributed by atoms with Crippen LogP contribution in [0.15, 0.2) is 24.3 Å². The van der Waals surface area contributed by atoms with E-state index in [9.17, 15) is 0 Å². The van der Waals surface area contributed by atoms with Gasteiger partial charge in [-0.2, -0.15) is 0 Å². The highest BCUT2D eigenvalue weighted by atomic mass is 16.5. The van der Waals surface area contributed by atoms with E-state index >= 15 is 0 Å². The maximum atomic E-state index is 5.83. The summed E-state index contributed by atoms with van der Waals surface area (Å²) in [4.78, 5) is 4.85. The molecule has 0 saturated carbocycles. The topological polar surface area (TPSA) is 41.7 Å². The zero-order valence-electron chi connectivity index (χ0n) is 11.3. The summed E-state index contributed by atoms with van der Waals surface area (Å²) >= 11 is 0. The maximum absolute atomic E-state index is 5.83. The van der Waals surface area contributed by atoms with E-state index in [1.54, 1.807) is 7.11 Å². The molecule has 18 heavy (non-hydrogen) atoms. The van der Waals surface area contributed by atoms with E-state index in [4.69, 9.17) is 10.5 Å². The van der Waals surface area contributed by atoms with Crippen molar-refractivity contribution in [2.45, 2.75) is 13.0 Å². The van der Waals surface area contributed by atoms with Gasteiger partial charge in [0.15, 0.2) is 0 Å². The van der Waals surface area contributed by atoms with Gasteiger partial charge >= 0.3 is 0 Å². The minimum atomic E-state index is 0.262. The lowest BCUT2D eigenvalue weighted by atomic mass is 10.2. The van der Waals surface area contributed by atoms with Crippen molar-refractivity contribution in [3.63, 3.8) is 0 Å². The first-order chi connectivity index (χ1) is 8.69. The van der Waals surface area contributed by atoms with Crippen LogP contribution in [-0.4, -0.2) is 50.8 Å². The molecule has 0 spiro atoms. The average Bonchev–Trinajstić information content (AvgIpc) is 2.39. The normalized spacial score (nSPS) is 18.7. The maximum Gasteiger partial charge on any atom is 0.119 e. The number of piperazine rings is 1. The van der Waals surface area contributed by atoms with Gasteiger partial charge in [0.25, 0.3) is 0 Å². The molecule has 1 heterocycles. The molecule has 1 aliphatic rings. The molecule has 1 aromatic rings. The molecule has 1 fully saturated rings. The van der Waals surface area contributed by atoms with Gasteiger partial charge in [-0.05, 0) is 31.2 Å². The van der Waals surface area contributed by atoms with Crippen LogP contribution in [0.4, 0.5) is 5.69 Å². The summed E-state index contributed by atoms with van der Waals surface area (Å²) in [5, 5.41) is 0. The Morgan fingerprint density at radius 1 is 1.17 bits per heavy atom. The molecule has 0 bridgehead atoms. The lowest BCUT2D eigenvalue weighted by Gasteiger charge is -2.36. The third-order valence-corrected chi connectivity index (χ3v) is 3.36. The molecule has 1 aromatic carbocycles. The number of benzene rings is 1. The van der Waals surface area contributed by atoms with Gasteiger partial charge in [-0.1, -0.05) is 0 Å². The predicted octanol–water partition coefficient (Wildman–Crippen LogP) is 1.16. The molecule has 2 N–H and O–H groups in total. The minimum Gasteiger partial charge on any atom is -0.497 e. The van der Waals surface area contributed by atoms with Crippen molar-refractivity contribution in [3.8, 4) is 5.75 Å². The van der Waals surface area contributed by atoms with Crippen molar-refractivity contribution in [2.75, 3.05) is 44.7 Å². The SMILES string of the molecule is COc1ccc(N2CCN(CC(C)N)CC2)cc1. The smallest absolute Gasteiger partial charge is 0.119 e. The quantitative estimate of drug-likeness (QED) is 0.869. The van der Waals surface area contributed by atoms with Gasteiger partial charge in [-0.15, -0.1) is 0 Å². The molecule has 1 saturated heterocycles. The van der Waals surface area contributed by atoms with E-state index in [0.29, 0.717) is 0 Å². The number of ether oxygens (including phenoxy) is 1. The van der Waals surface area contributed by atoms with Crippen LogP contribution >= 0.6 is 0 Å². The lowest BCUT2D eigenvalue weighted by Crippen LogP contribution is -2.49. The van der Waals surface area contributed by atoms with E-state index in [1.807, 2.05) is 12.1 Å². The fourth-order valence-electron chi connectivity index (χ4n) is 2.39.